The SMILES string of the molecule is COc1ccc2c(c1)CC[C@H]1[C@@H]3[C@@H](C)C[C@H](O)[C@@]3(C)CC[C@H]21. The van der Waals surface area contributed by atoms with Crippen LogP contribution in [0.1, 0.15) is 56.6 Å². The number of aliphatic hydroxyl groups excluding tert-OH is 1. The second-order valence-corrected chi connectivity index (χ2v) is 8.17. The zero-order valence-electron chi connectivity index (χ0n) is 14.0. The minimum Gasteiger partial charge on any atom is -0.497 e. The number of hydrogen-bond donors (Lipinski definition) is 1. The van der Waals surface area contributed by atoms with Crippen LogP contribution in [0.2, 0.25) is 0 Å². The fourth-order valence-electron chi connectivity index (χ4n) is 6.19. The highest BCUT2D eigenvalue weighted by molar-refractivity contribution is 5.40. The van der Waals surface area contributed by atoms with Gasteiger partial charge in [-0.05, 0) is 84.5 Å². The van der Waals surface area contributed by atoms with Crippen LogP contribution in [-0.2, 0) is 6.42 Å². The molecule has 0 spiro atoms. The molecule has 2 fully saturated rings. The lowest BCUT2D eigenvalue weighted by atomic mass is 9.54. The monoisotopic (exact) mass is 300 g/mol. The molecule has 1 aromatic carbocycles. The van der Waals surface area contributed by atoms with Crippen LogP contribution in [0.3, 0.4) is 0 Å². The van der Waals surface area contributed by atoms with Gasteiger partial charge in [0.2, 0.25) is 0 Å². The largest absolute Gasteiger partial charge is 0.497 e. The summed E-state index contributed by atoms with van der Waals surface area (Å²) in [6.07, 6.45) is 5.77. The molecular formula is C20H28O2. The van der Waals surface area contributed by atoms with Gasteiger partial charge in [-0.1, -0.05) is 19.9 Å². The third kappa shape index (κ3) is 1.89. The van der Waals surface area contributed by atoms with Gasteiger partial charge in [0.15, 0.2) is 0 Å². The van der Waals surface area contributed by atoms with Crippen molar-refractivity contribution in [2.75, 3.05) is 7.11 Å². The highest BCUT2D eigenvalue weighted by Crippen LogP contribution is 2.62. The Hall–Kier alpha value is -1.02. The average Bonchev–Trinajstić information content (AvgIpc) is 2.76. The van der Waals surface area contributed by atoms with E-state index in [-0.39, 0.29) is 11.5 Å². The van der Waals surface area contributed by atoms with Gasteiger partial charge in [0.25, 0.3) is 0 Å². The van der Waals surface area contributed by atoms with Gasteiger partial charge in [-0.3, -0.25) is 0 Å². The Morgan fingerprint density at radius 2 is 2.09 bits per heavy atom. The van der Waals surface area contributed by atoms with Crippen molar-refractivity contribution in [2.24, 2.45) is 23.2 Å². The molecule has 0 aliphatic heterocycles. The third-order valence-electron chi connectivity index (χ3n) is 7.20. The summed E-state index contributed by atoms with van der Waals surface area (Å²) in [5, 5.41) is 10.6. The number of aliphatic hydroxyl groups is 1. The molecule has 22 heavy (non-hydrogen) atoms. The highest BCUT2D eigenvalue weighted by atomic mass is 16.5. The van der Waals surface area contributed by atoms with Crippen molar-refractivity contribution in [3.05, 3.63) is 29.3 Å². The molecule has 0 saturated heterocycles. The molecule has 0 aromatic heterocycles. The lowest BCUT2D eigenvalue weighted by Crippen LogP contribution is -2.45. The first-order valence-corrected chi connectivity index (χ1v) is 8.89. The zero-order valence-corrected chi connectivity index (χ0v) is 14.0. The summed E-state index contributed by atoms with van der Waals surface area (Å²) in [6.45, 7) is 4.72. The Labute approximate surface area is 133 Å². The normalized spacial score (nSPS) is 43.2. The molecule has 4 rings (SSSR count). The lowest BCUT2D eigenvalue weighted by molar-refractivity contribution is -0.0286. The average molecular weight is 300 g/mol. The van der Waals surface area contributed by atoms with Crippen LogP contribution in [0.4, 0.5) is 0 Å². The van der Waals surface area contributed by atoms with Gasteiger partial charge in [-0.2, -0.15) is 0 Å². The minimum absolute atomic E-state index is 0.0919. The first kappa shape index (κ1) is 14.6. The van der Waals surface area contributed by atoms with Crippen LogP contribution in [-0.4, -0.2) is 18.3 Å². The van der Waals surface area contributed by atoms with Gasteiger partial charge in [-0.15, -0.1) is 0 Å². The van der Waals surface area contributed by atoms with Crippen LogP contribution >= 0.6 is 0 Å². The Morgan fingerprint density at radius 3 is 2.86 bits per heavy atom. The van der Waals surface area contributed by atoms with E-state index in [2.05, 4.69) is 32.0 Å². The van der Waals surface area contributed by atoms with Crippen molar-refractivity contribution in [1.29, 1.82) is 0 Å². The zero-order chi connectivity index (χ0) is 15.5. The molecule has 0 heterocycles. The van der Waals surface area contributed by atoms with Crippen molar-refractivity contribution in [2.45, 2.75) is 58.0 Å². The first-order chi connectivity index (χ1) is 10.5. The maximum Gasteiger partial charge on any atom is 0.119 e. The van der Waals surface area contributed by atoms with Crippen LogP contribution in [0, 0.1) is 23.2 Å². The molecule has 0 radical (unpaired) electrons. The van der Waals surface area contributed by atoms with Crippen molar-refractivity contribution < 1.29 is 9.84 Å². The summed E-state index contributed by atoms with van der Waals surface area (Å²) in [5.74, 6) is 3.79. The van der Waals surface area contributed by atoms with E-state index in [1.165, 1.54) is 31.2 Å². The predicted octanol–water partition coefficient (Wildman–Crippen LogP) is 4.16. The number of rotatable bonds is 1. The second-order valence-electron chi connectivity index (χ2n) is 8.17. The molecule has 1 N–H and O–H groups in total. The molecule has 0 unspecified atom stereocenters. The Bertz CT molecular complexity index is 581. The van der Waals surface area contributed by atoms with Crippen molar-refractivity contribution in [3.63, 3.8) is 0 Å². The van der Waals surface area contributed by atoms with Gasteiger partial charge in [0.1, 0.15) is 5.75 Å². The van der Waals surface area contributed by atoms with Crippen LogP contribution in [0.25, 0.3) is 0 Å². The molecule has 3 aliphatic carbocycles. The van der Waals surface area contributed by atoms with Crippen LogP contribution in [0.5, 0.6) is 5.75 Å². The summed E-state index contributed by atoms with van der Waals surface area (Å²) in [5.41, 5.74) is 3.22. The molecule has 6 atom stereocenters. The quantitative estimate of drug-likeness (QED) is 0.844. The molecule has 0 amide bonds. The molecule has 2 nitrogen and oxygen atoms in total. The second kappa shape index (κ2) is 4.99. The molecule has 0 bridgehead atoms. The van der Waals surface area contributed by atoms with Gasteiger partial charge < -0.3 is 9.84 Å². The standard InChI is InChI=1S/C20H28O2/c1-12-10-18(21)20(2)9-8-16-15-7-5-14(22-3)11-13(15)4-6-17(16)19(12)20/h5,7,11-12,16-19,21H,4,6,8-10H2,1-3H3/t12-,16+,17+,18-,19-,20+/m0/s1. The summed E-state index contributed by atoms with van der Waals surface area (Å²) in [4.78, 5) is 0. The Kier molecular flexibility index (Phi) is 3.30. The first-order valence-electron chi connectivity index (χ1n) is 8.89. The Balaban J connectivity index is 1.71. The molecule has 1 aromatic rings. The topological polar surface area (TPSA) is 29.5 Å². The maximum atomic E-state index is 10.6. The summed E-state index contributed by atoms with van der Waals surface area (Å²) >= 11 is 0. The molecule has 2 heteroatoms. The van der Waals surface area contributed by atoms with Crippen molar-refractivity contribution in [1.82, 2.24) is 0 Å². The van der Waals surface area contributed by atoms with Crippen LogP contribution in [0.15, 0.2) is 18.2 Å². The number of hydrogen-bond acceptors (Lipinski definition) is 2. The predicted molar refractivity (Wildman–Crippen MR) is 88.2 cm³/mol. The maximum absolute atomic E-state index is 10.6. The van der Waals surface area contributed by atoms with E-state index in [0.717, 1.165) is 18.1 Å². The van der Waals surface area contributed by atoms with E-state index < -0.39 is 0 Å². The van der Waals surface area contributed by atoms with E-state index in [1.807, 2.05) is 0 Å². The van der Waals surface area contributed by atoms with Gasteiger partial charge in [0, 0.05) is 0 Å². The smallest absolute Gasteiger partial charge is 0.119 e. The van der Waals surface area contributed by atoms with Gasteiger partial charge in [0.05, 0.1) is 13.2 Å². The number of benzene rings is 1. The molecule has 120 valence electrons. The van der Waals surface area contributed by atoms with E-state index >= 15 is 0 Å². The van der Waals surface area contributed by atoms with E-state index in [0.29, 0.717) is 17.8 Å². The number of methoxy groups -OCH3 is 1. The molecule has 2 saturated carbocycles. The molecular weight excluding hydrogens is 272 g/mol. The van der Waals surface area contributed by atoms with E-state index in [9.17, 15) is 5.11 Å². The Morgan fingerprint density at radius 1 is 1.27 bits per heavy atom. The fraction of sp³-hybridized carbons (Fsp3) is 0.700. The fourth-order valence-corrected chi connectivity index (χ4v) is 6.19. The van der Waals surface area contributed by atoms with E-state index in [1.54, 1.807) is 12.7 Å². The van der Waals surface area contributed by atoms with Crippen molar-refractivity contribution >= 4 is 0 Å². The number of ether oxygens (including phenoxy) is 1. The third-order valence-corrected chi connectivity index (χ3v) is 7.20. The van der Waals surface area contributed by atoms with Crippen LogP contribution < -0.4 is 4.74 Å². The van der Waals surface area contributed by atoms with E-state index in [4.69, 9.17) is 4.74 Å². The minimum atomic E-state index is -0.0919. The molecule has 3 aliphatic rings. The summed E-state index contributed by atoms with van der Waals surface area (Å²) in [7, 11) is 1.75. The highest BCUT2D eigenvalue weighted by Gasteiger charge is 2.57. The van der Waals surface area contributed by atoms with Gasteiger partial charge >= 0.3 is 0 Å². The van der Waals surface area contributed by atoms with Gasteiger partial charge in [-0.25, -0.2) is 0 Å². The lowest BCUT2D eigenvalue weighted by Gasteiger charge is -2.51. The van der Waals surface area contributed by atoms with Crippen molar-refractivity contribution in [3.8, 4) is 5.75 Å². The number of aryl methyl sites for hydroxylation is 1. The number of fused-ring (bicyclic) bond motifs is 5. The summed E-state index contributed by atoms with van der Waals surface area (Å²) in [6, 6.07) is 6.68. The summed E-state index contributed by atoms with van der Waals surface area (Å²) < 4.78 is 5.40.